The van der Waals surface area contributed by atoms with Crippen molar-refractivity contribution in [3.8, 4) is 0 Å². The van der Waals surface area contributed by atoms with Gasteiger partial charge in [0.2, 0.25) is 15.9 Å². The van der Waals surface area contributed by atoms with Crippen LogP contribution in [0.3, 0.4) is 0 Å². The van der Waals surface area contributed by atoms with Gasteiger partial charge in [0.05, 0.1) is 4.90 Å². The fraction of sp³-hybridized carbons (Fsp3) is 0.600. The van der Waals surface area contributed by atoms with E-state index in [0.29, 0.717) is 31.5 Å². The first-order chi connectivity index (χ1) is 12.8. The van der Waals surface area contributed by atoms with Gasteiger partial charge in [-0.15, -0.1) is 0 Å². The molecule has 2 rings (SSSR count). The van der Waals surface area contributed by atoms with Crippen LogP contribution in [0.4, 0.5) is 0 Å². The predicted octanol–water partition coefficient (Wildman–Crippen LogP) is 2.94. The van der Waals surface area contributed by atoms with Gasteiger partial charge in [-0.1, -0.05) is 26.0 Å². The normalized spacial score (nSPS) is 16.3. The Morgan fingerprint density at radius 3 is 2.00 bits per heavy atom. The number of benzene rings is 1. The fourth-order valence-electron chi connectivity index (χ4n) is 3.48. The lowest BCUT2D eigenvalue weighted by atomic mass is 9.96. The van der Waals surface area contributed by atoms with E-state index in [1.807, 2.05) is 4.90 Å². The number of piperidine rings is 1. The third kappa shape index (κ3) is 5.17. The number of Topliss-reactive ketones (excluding diaryl/α,β-unsaturated/α-hetero) is 1. The molecule has 150 valence electrons. The van der Waals surface area contributed by atoms with Crippen molar-refractivity contribution in [3.63, 3.8) is 0 Å². The summed E-state index contributed by atoms with van der Waals surface area (Å²) in [5.41, 5.74) is 0.491. The number of carbonyl (C=O) groups is 2. The fourth-order valence-corrected chi connectivity index (χ4v) is 4.95. The maximum Gasteiger partial charge on any atom is 0.243 e. The monoisotopic (exact) mass is 394 g/mol. The van der Waals surface area contributed by atoms with Crippen molar-refractivity contribution >= 4 is 21.7 Å². The molecule has 1 aromatic rings. The van der Waals surface area contributed by atoms with Crippen LogP contribution in [0.25, 0.3) is 0 Å². The average Bonchev–Trinajstić information content (AvgIpc) is 2.67. The lowest BCUT2D eigenvalue weighted by Crippen LogP contribution is -2.44. The standard InChI is InChI=1S/C20H30N2O4S/c1-4-12-21(13-5-2)20(24)18-10-14-22(15-11-18)27(25,26)19-8-6-17(7-9-19)16(3)23/h6-9,18H,4-5,10-15H2,1-3H3. The molecule has 1 aromatic carbocycles. The Bertz CT molecular complexity index is 745. The summed E-state index contributed by atoms with van der Waals surface area (Å²) < 4.78 is 27.1. The van der Waals surface area contributed by atoms with Crippen molar-refractivity contribution in [2.24, 2.45) is 5.92 Å². The Balaban J connectivity index is 2.03. The van der Waals surface area contributed by atoms with Crippen molar-refractivity contribution in [2.75, 3.05) is 26.2 Å². The largest absolute Gasteiger partial charge is 0.342 e. The Hall–Kier alpha value is -1.73. The number of carbonyl (C=O) groups excluding carboxylic acids is 2. The number of ketones is 1. The van der Waals surface area contributed by atoms with E-state index in [2.05, 4.69) is 13.8 Å². The lowest BCUT2D eigenvalue weighted by Gasteiger charge is -2.33. The molecule has 1 fully saturated rings. The molecule has 1 saturated heterocycles. The highest BCUT2D eigenvalue weighted by atomic mass is 32.2. The number of rotatable bonds is 8. The topological polar surface area (TPSA) is 74.8 Å². The quantitative estimate of drug-likeness (QED) is 0.636. The molecule has 1 amide bonds. The van der Waals surface area contributed by atoms with Crippen LogP contribution in [-0.4, -0.2) is 55.5 Å². The highest BCUT2D eigenvalue weighted by Crippen LogP contribution is 2.25. The van der Waals surface area contributed by atoms with Gasteiger partial charge < -0.3 is 4.90 Å². The van der Waals surface area contributed by atoms with E-state index in [0.717, 1.165) is 25.9 Å². The summed E-state index contributed by atoms with van der Waals surface area (Å²) in [6, 6.07) is 6.04. The van der Waals surface area contributed by atoms with Gasteiger partial charge in [-0.3, -0.25) is 9.59 Å². The minimum absolute atomic E-state index is 0.0954. The van der Waals surface area contributed by atoms with Gasteiger partial charge in [0.25, 0.3) is 0 Å². The van der Waals surface area contributed by atoms with Crippen molar-refractivity contribution < 1.29 is 18.0 Å². The van der Waals surface area contributed by atoms with Crippen LogP contribution in [0.15, 0.2) is 29.2 Å². The maximum absolute atomic E-state index is 12.8. The molecule has 7 heteroatoms. The summed E-state index contributed by atoms with van der Waals surface area (Å²) in [4.78, 5) is 26.2. The third-order valence-corrected chi connectivity index (χ3v) is 6.91. The van der Waals surface area contributed by atoms with Crippen LogP contribution < -0.4 is 0 Å². The first-order valence-electron chi connectivity index (χ1n) is 9.71. The van der Waals surface area contributed by atoms with Crippen molar-refractivity contribution in [3.05, 3.63) is 29.8 Å². The number of sulfonamides is 1. The minimum Gasteiger partial charge on any atom is -0.342 e. The van der Waals surface area contributed by atoms with E-state index in [4.69, 9.17) is 0 Å². The summed E-state index contributed by atoms with van der Waals surface area (Å²) in [6.45, 7) is 7.77. The molecule has 1 heterocycles. The molecule has 0 unspecified atom stereocenters. The van der Waals surface area contributed by atoms with Crippen LogP contribution in [-0.2, 0) is 14.8 Å². The molecule has 0 spiro atoms. The molecule has 0 saturated carbocycles. The zero-order chi connectivity index (χ0) is 20.0. The van der Waals surface area contributed by atoms with Crippen LogP contribution in [0, 0.1) is 5.92 Å². The molecule has 1 aliphatic heterocycles. The molecule has 6 nitrogen and oxygen atoms in total. The Morgan fingerprint density at radius 1 is 1.04 bits per heavy atom. The Kier molecular flexibility index (Phi) is 7.56. The second-order valence-corrected chi connectivity index (χ2v) is 9.02. The number of amides is 1. The van der Waals surface area contributed by atoms with Crippen LogP contribution in [0.5, 0.6) is 0 Å². The maximum atomic E-state index is 12.8. The van der Waals surface area contributed by atoms with Crippen molar-refractivity contribution in [1.82, 2.24) is 9.21 Å². The molecular weight excluding hydrogens is 364 g/mol. The summed E-state index contributed by atoms with van der Waals surface area (Å²) in [7, 11) is -3.60. The summed E-state index contributed by atoms with van der Waals surface area (Å²) in [5.74, 6) is -0.0433. The van der Waals surface area contributed by atoms with Gasteiger partial charge >= 0.3 is 0 Å². The van der Waals surface area contributed by atoms with Crippen LogP contribution >= 0.6 is 0 Å². The van der Waals surface area contributed by atoms with Crippen molar-refractivity contribution in [2.45, 2.75) is 51.3 Å². The molecule has 1 aliphatic rings. The van der Waals surface area contributed by atoms with Gasteiger partial charge in [0.15, 0.2) is 5.78 Å². The van der Waals surface area contributed by atoms with E-state index in [1.165, 1.54) is 23.4 Å². The van der Waals surface area contributed by atoms with E-state index in [1.54, 1.807) is 12.1 Å². The zero-order valence-corrected chi connectivity index (χ0v) is 17.3. The third-order valence-electron chi connectivity index (χ3n) is 5.00. The van der Waals surface area contributed by atoms with E-state index in [-0.39, 0.29) is 22.5 Å². The zero-order valence-electron chi connectivity index (χ0n) is 16.5. The molecule has 0 atom stereocenters. The van der Waals surface area contributed by atoms with E-state index >= 15 is 0 Å². The van der Waals surface area contributed by atoms with E-state index < -0.39 is 10.0 Å². The second-order valence-electron chi connectivity index (χ2n) is 7.08. The summed E-state index contributed by atoms with van der Waals surface area (Å²) >= 11 is 0. The van der Waals surface area contributed by atoms with Gasteiger partial charge in [-0.25, -0.2) is 8.42 Å². The van der Waals surface area contributed by atoms with Gasteiger partial charge in [-0.2, -0.15) is 4.31 Å². The predicted molar refractivity (Wildman–Crippen MR) is 105 cm³/mol. The summed E-state index contributed by atoms with van der Waals surface area (Å²) in [6.07, 6.45) is 2.95. The molecule has 0 bridgehead atoms. The van der Waals surface area contributed by atoms with E-state index in [9.17, 15) is 18.0 Å². The first kappa shape index (κ1) is 21.6. The number of hydrogen-bond donors (Lipinski definition) is 0. The highest BCUT2D eigenvalue weighted by Gasteiger charge is 2.33. The molecule has 0 N–H and O–H groups in total. The minimum atomic E-state index is -3.60. The first-order valence-corrected chi connectivity index (χ1v) is 11.1. The average molecular weight is 395 g/mol. The number of hydrogen-bond acceptors (Lipinski definition) is 4. The molecule has 0 aliphatic carbocycles. The SMILES string of the molecule is CCCN(CCC)C(=O)C1CCN(S(=O)(=O)c2ccc(C(C)=O)cc2)CC1. The molecule has 27 heavy (non-hydrogen) atoms. The Morgan fingerprint density at radius 2 is 1.56 bits per heavy atom. The van der Waals surface area contributed by atoms with Crippen molar-refractivity contribution in [1.29, 1.82) is 0 Å². The molecule has 0 radical (unpaired) electrons. The van der Waals surface area contributed by atoms with Gasteiger partial charge in [0, 0.05) is 37.7 Å². The van der Waals surface area contributed by atoms with Gasteiger partial charge in [0.1, 0.15) is 0 Å². The van der Waals surface area contributed by atoms with Gasteiger partial charge in [-0.05, 0) is 44.7 Å². The highest BCUT2D eigenvalue weighted by molar-refractivity contribution is 7.89. The number of nitrogens with zero attached hydrogens (tertiary/aromatic N) is 2. The second kappa shape index (κ2) is 9.46. The lowest BCUT2D eigenvalue weighted by molar-refractivity contribution is -0.136. The Labute approximate surface area is 162 Å². The smallest absolute Gasteiger partial charge is 0.243 e. The molecule has 0 aromatic heterocycles. The molecular formula is C20H30N2O4S. The van der Waals surface area contributed by atoms with Crippen LogP contribution in [0.2, 0.25) is 0 Å². The summed E-state index contributed by atoms with van der Waals surface area (Å²) in [5, 5.41) is 0. The van der Waals surface area contributed by atoms with Crippen LogP contribution in [0.1, 0.15) is 56.8 Å².